The maximum Gasteiger partial charge on any atom is 0.137 e. The Morgan fingerprint density at radius 1 is 1.35 bits per heavy atom. The molecule has 0 aliphatic rings. The third-order valence-electron chi connectivity index (χ3n) is 3.08. The van der Waals surface area contributed by atoms with Gasteiger partial charge in [0.1, 0.15) is 17.5 Å². The number of methoxy groups -OCH3 is 1. The number of aryl methyl sites for hydroxylation is 1. The predicted molar refractivity (Wildman–Crippen MR) is 80.0 cm³/mol. The molecule has 0 spiro atoms. The fourth-order valence-electron chi connectivity index (χ4n) is 1.97. The second-order valence-electron chi connectivity index (χ2n) is 4.43. The van der Waals surface area contributed by atoms with Crippen LogP contribution in [0.15, 0.2) is 0 Å². The highest BCUT2D eigenvalue weighted by molar-refractivity contribution is 5.58. The van der Waals surface area contributed by atoms with Crippen LogP contribution in [-0.4, -0.2) is 43.8 Å². The van der Waals surface area contributed by atoms with Crippen molar-refractivity contribution in [3.8, 4) is 6.07 Å². The normalized spacial score (nSPS) is 10.2. The minimum atomic E-state index is 0.462. The van der Waals surface area contributed by atoms with E-state index in [2.05, 4.69) is 26.3 Å². The lowest BCUT2D eigenvalue weighted by atomic mass is 10.2. The van der Waals surface area contributed by atoms with Crippen LogP contribution in [0.1, 0.15) is 24.7 Å². The Morgan fingerprint density at radius 3 is 2.65 bits per heavy atom. The van der Waals surface area contributed by atoms with Crippen LogP contribution in [0.5, 0.6) is 0 Å². The molecule has 0 atom stereocenters. The molecule has 0 saturated heterocycles. The van der Waals surface area contributed by atoms with E-state index in [1.54, 1.807) is 7.11 Å². The number of nitrogens with one attached hydrogen (secondary N) is 1. The zero-order valence-electron chi connectivity index (χ0n) is 12.7. The standard InChI is InChI=1S/C14H23N5O/c1-5-12-17-13(16-3)11(2)14(18-12)19(8-6-7-15)9-10-20-4/h5-6,8-10H2,1-4H3,(H,16,17,18). The SMILES string of the molecule is CCc1nc(NC)c(C)c(N(CCC#N)CCOC)n1. The molecule has 0 saturated carbocycles. The highest BCUT2D eigenvalue weighted by atomic mass is 16.5. The summed E-state index contributed by atoms with van der Waals surface area (Å²) < 4.78 is 5.14. The fourth-order valence-corrected chi connectivity index (χ4v) is 1.97. The van der Waals surface area contributed by atoms with E-state index in [1.165, 1.54) is 0 Å². The van der Waals surface area contributed by atoms with Crippen molar-refractivity contribution in [3.63, 3.8) is 0 Å². The van der Waals surface area contributed by atoms with Crippen LogP contribution in [0.2, 0.25) is 0 Å². The van der Waals surface area contributed by atoms with Gasteiger partial charge in [-0.25, -0.2) is 9.97 Å². The zero-order valence-corrected chi connectivity index (χ0v) is 12.7. The van der Waals surface area contributed by atoms with E-state index in [1.807, 2.05) is 20.9 Å². The maximum atomic E-state index is 8.81. The zero-order chi connectivity index (χ0) is 15.0. The number of ether oxygens (including phenoxy) is 1. The molecular weight excluding hydrogens is 254 g/mol. The third kappa shape index (κ3) is 4.07. The molecule has 6 nitrogen and oxygen atoms in total. The fraction of sp³-hybridized carbons (Fsp3) is 0.643. The number of nitrogens with zero attached hydrogens (tertiary/aromatic N) is 4. The van der Waals surface area contributed by atoms with Gasteiger partial charge in [0, 0.05) is 39.2 Å². The Labute approximate surface area is 120 Å². The molecule has 0 unspecified atom stereocenters. The number of rotatable bonds is 8. The van der Waals surface area contributed by atoms with E-state index in [9.17, 15) is 0 Å². The van der Waals surface area contributed by atoms with Crippen LogP contribution in [0.3, 0.4) is 0 Å². The van der Waals surface area contributed by atoms with Gasteiger partial charge in [0.05, 0.1) is 19.1 Å². The Hall–Kier alpha value is -1.87. The van der Waals surface area contributed by atoms with Gasteiger partial charge < -0.3 is 15.0 Å². The van der Waals surface area contributed by atoms with E-state index in [0.717, 1.165) is 29.4 Å². The Balaban J connectivity index is 3.12. The molecule has 1 rings (SSSR count). The number of aromatic nitrogens is 2. The number of hydrogen-bond acceptors (Lipinski definition) is 6. The average molecular weight is 277 g/mol. The Kier molecular flexibility index (Phi) is 6.74. The van der Waals surface area contributed by atoms with Crippen LogP contribution in [0.4, 0.5) is 11.6 Å². The van der Waals surface area contributed by atoms with Crippen molar-refractivity contribution >= 4 is 11.6 Å². The number of hydrogen-bond donors (Lipinski definition) is 1. The smallest absolute Gasteiger partial charge is 0.137 e. The Bertz CT molecular complexity index is 469. The van der Waals surface area contributed by atoms with Gasteiger partial charge in [-0.1, -0.05) is 6.92 Å². The first-order valence-electron chi connectivity index (χ1n) is 6.84. The van der Waals surface area contributed by atoms with Crippen molar-refractivity contribution in [1.82, 2.24) is 9.97 Å². The number of anilines is 2. The van der Waals surface area contributed by atoms with Gasteiger partial charge >= 0.3 is 0 Å². The highest BCUT2D eigenvalue weighted by Crippen LogP contribution is 2.23. The molecule has 0 bridgehead atoms. The molecule has 110 valence electrons. The first-order chi connectivity index (χ1) is 9.67. The quantitative estimate of drug-likeness (QED) is 0.780. The summed E-state index contributed by atoms with van der Waals surface area (Å²) in [5, 5.41) is 11.9. The summed E-state index contributed by atoms with van der Waals surface area (Å²) in [6.45, 7) is 5.98. The first kappa shape index (κ1) is 16.2. The number of nitriles is 1. The predicted octanol–water partition coefficient (Wildman–Crippen LogP) is 1.76. The molecule has 1 aromatic rings. The summed E-state index contributed by atoms with van der Waals surface area (Å²) in [5.41, 5.74) is 0.999. The van der Waals surface area contributed by atoms with Crippen molar-refractivity contribution in [3.05, 3.63) is 11.4 Å². The topological polar surface area (TPSA) is 74.1 Å². The molecule has 0 aromatic carbocycles. The van der Waals surface area contributed by atoms with Gasteiger partial charge in [0.15, 0.2) is 0 Å². The van der Waals surface area contributed by atoms with E-state index in [0.29, 0.717) is 26.1 Å². The summed E-state index contributed by atoms with van der Waals surface area (Å²) in [6.07, 6.45) is 1.24. The second kappa shape index (κ2) is 8.33. The molecule has 20 heavy (non-hydrogen) atoms. The largest absolute Gasteiger partial charge is 0.383 e. The highest BCUT2D eigenvalue weighted by Gasteiger charge is 2.15. The van der Waals surface area contributed by atoms with Crippen LogP contribution >= 0.6 is 0 Å². The van der Waals surface area contributed by atoms with Gasteiger partial charge in [0.25, 0.3) is 0 Å². The lowest BCUT2D eigenvalue weighted by molar-refractivity contribution is 0.205. The van der Waals surface area contributed by atoms with E-state index in [-0.39, 0.29) is 0 Å². The maximum absolute atomic E-state index is 8.81. The average Bonchev–Trinajstić information content (AvgIpc) is 2.48. The first-order valence-corrected chi connectivity index (χ1v) is 6.84. The van der Waals surface area contributed by atoms with E-state index in [4.69, 9.17) is 10.00 Å². The van der Waals surface area contributed by atoms with Gasteiger partial charge in [-0.15, -0.1) is 0 Å². The van der Waals surface area contributed by atoms with Crippen molar-refractivity contribution in [1.29, 1.82) is 5.26 Å². The molecular formula is C14H23N5O. The van der Waals surface area contributed by atoms with Crippen LogP contribution < -0.4 is 10.2 Å². The van der Waals surface area contributed by atoms with Gasteiger partial charge in [-0.3, -0.25) is 0 Å². The molecule has 0 fully saturated rings. The summed E-state index contributed by atoms with van der Waals surface area (Å²) in [6, 6.07) is 2.18. The van der Waals surface area contributed by atoms with Crippen LogP contribution in [-0.2, 0) is 11.2 Å². The van der Waals surface area contributed by atoms with Gasteiger partial charge in [-0.05, 0) is 6.92 Å². The summed E-state index contributed by atoms with van der Waals surface area (Å²) in [4.78, 5) is 11.2. The molecule has 6 heteroatoms. The summed E-state index contributed by atoms with van der Waals surface area (Å²) >= 11 is 0. The molecule has 1 N–H and O–H groups in total. The van der Waals surface area contributed by atoms with Gasteiger partial charge in [-0.2, -0.15) is 5.26 Å². The molecule has 1 aromatic heterocycles. The van der Waals surface area contributed by atoms with Crippen molar-refractivity contribution in [2.45, 2.75) is 26.7 Å². The summed E-state index contributed by atoms with van der Waals surface area (Å²) in [5.74, 6) is 2.52. The minimum absolute atomic E-state index is 0.462. The molecule has 1 heterocycles. The molecule has 0 aliphatic carbocycles. The monoisotopic (exact) mass is 277 g/mol. The Morgan fingerprint density at radius 2 is 2.10 bits per heavy atom. The van der Waals surface area contributed by atoms with Crippen molar-refractivity contribution in [2.75, 3.05) is 44.1 Å². The van der Waals surface area contributed by atoms with Crippen molar-refractivity contribution < 1.29 is 4.74 Å². The molecule has 0 aliphatic heterocycles. The minimum Gasteiger partial charge on any atom is -0.383 e. The van der Waals surface area contributed by atoms with Crippen LogP contribution in [0.25, 0.3) is 0 Å². The van der Waals surface area contributed by atoms with E-state index >= 15 is 0 Å². The third-order valence-corrected chi connectivity index (χ3v) is 3.08. The van der Waals surface area contributed by atoms with E-state index < -0.39 is 0 Å². The molecule has 0 radical (unpaired) electrons. The summed E-state index contributed by atoms with van der Waals surface area (Å²) in [7, 11) is 3.53. The van der Waals surface area contributed by atoms with Gasteiger partial charge in [0.2, 0.25) is 0 Å². The lowest BCUT2D eigenvalue weighted by Gasteiger charge is -2.25. The lowest BCUT2D eigenvalue weighted by Crippen LogP contribution is -2.30. The van der Waals surface area contributed by atoms with Crippen LogP contribution in [0, 0.1) is 18.3 Å². The second-order valence-corrected chi connectivity index (χ2v) is 4.43. The van der Waals surface area contributed by atoms with Crippen molar-refractivity contribution in [2.24, 2.45) is 0 Å². The molecule has 0 amide bonds.